The summed E-state index contributed by atoms with van der Waals surface area (Å²) >= 11 is 1.45. The Morgan fingerprint density at radius 3 is 2.85 bits per heavy atom. The van der Waals surface area contributed by atoms with E-state index in [1.54, 1.807) is 23.7 Å². The Hall–Kier alpha value is -2.91. The van der Waals surface area contributed by atoms with Gasteiger partial charge in [-0.1, -0.05) is 6.07 Å². The lowest BCUT2D eigenvalue weighted by atomic mass is 10.2. The van der Waals surface area contributed by atoms with Crippen LogP contribution in [0, 0.1) is 6.92 Å². The zero-order valence-electron chi connectivity index (χ0n) is 14.2. The van der Waals surface area contributed by atoms with Crippen molar-refractivity contribution in [2.45, 2.75) is 13.0 Å². The fourth-order valence-corrected chi connectivity index (χ4v) is 2.94. The van der Waals surface area contributed by atoms with E-state index in [0.29, 0.717) is 17.2 Å². The first-order valence-corrected chi connectivity index (χ1v) is 8.69. The third-order valence-electron chi connectivity index (χ3n) is 3.59. The average Bonchev–Trinajstić information content (AvgIpc) is 3.08. The van der Waals surface area contributed by atoms with E-state index < -0.39 is 17.5 Å². The number of carbonyl (C=O) groups excluding carboxylic acids is 1. The fourth-order valence-electron chi connectivity index (χ4n) is 2.34. The van der Waals surface area contributed by atoms with Gasteiger partial charge in [-0.3, -0.25) is 14.6 Å². The number of thiazole rings is 1. The molecule has 1 amide bonds. The van der Waals surface area contributed by atoms with Gasteiger partial charge in [-0.05, 0) is 19.1 Å². The molecule has 0 aliphatic heterocycles. The Labute approximate surface area is 153 Å². The number of aryl methyl sites for hydroxylation is 1. The van der Waals surface area contributed by atoms with Gasteiger partial charge in [-0.25, -0.2) is 9.97 Å². The van der Waals surface area contributed by atoms with Crippen molar-refractivity contribution in [3.63, 3.8) is 0 Å². The highest BCUT2D eigenvalue weighted by Gasteiger charge is 2.19. The van der Waals surface area contributed by atoms with Crippen LogP contribution in [0.3, 0.4) is 0 Å². The van der Waals surface area contributed by atoms with Gasteiger partial charge in [0.2, 0.25) is 0 Å². The number of H-pyrrole nitrogens is 1. The predicted molar refractivity (Wildman–Crippen MR) is 97.0 cm³/mol. The van der Waals surface area contributed by atoms with Crippen molar-refractivity contribution >= 4 is 17.2 Å². The van der Waals surface area contributed by atoms with Crippen molar-refractivity contribution in [1.82, 2.24) is 25.3 Å². The van der Waals surface area contributed by atoms with Gasteiger partial charge in [0.1, 0.15) is 11.3 Å². The Kier molecular flexibility index (Phi) is 5.49. The van der Waals surface area contributed by atoms with Crippen LogP contribution in [0.4, 0.5) is 0 Å². The topological polar surface area (TPSA) is 110 Å². The van der Waals surface area contributed by atoms with Crippen molar-refractivity contribution in [2.24, 2.45) is 0 Å². The van der Waals surface area contributed by atoms with Crippen LogP contribution >= 0.6 is 11.3 Å². The van der Waals surface area contributed by atoms with Crippen molar-refractivity contribution < 1.29 is 9.53 Å². The molecule has 9 heteroatoms. The van der Waals surface area contributed by atoms with Gasteiger partial charge < -0.3 is 15.0 Å². The van der Waals surface area contributed by atoms with E-state index in [2.05, 4.69) is 25.3 Å². The average molecular weight is 371 g/mol. The molecule has 0 aliphatic rings. The van der Waals surface area contributed by atoms with E-state index in [1.165, 1.54) is 24.6 Å². The van der Waals surface area contributed by atoms with Crippen LogP contribution in [-0.2, 0) is 4.74 Å². The first-order valence-electron chi connectivity index (χ1n) is 7.81. The molecule has 0 aromatic carbocycles. The molecule has 0 radical (unpaired) electrons. The van der Waals surface area contributed by atoms with Crippen LogP contribution in [0.25, 0.3) is 11.5 Å². The molecule has 2 N–H and O–H groups in total. The van der Waals surface area contributed by atoms with E-state index in [9.17, 15) is 9.59 Å². The first-order chi connectivity index (χ1) is 12.6. The van der Waals surface area contributed by atoms with Gasteiger partial charge in [0.25, 0.3) is 11.5 Å². The van der Waals surface area contributed by atoms with E-state index in [-0.39, 0.29) is 12.2 Å². The maximum atomic E-state index is 12.5. The predicted octanol–water partition coefficient (Wildman–Crippen LogP) is 1.71. The summed E-state index contributed by atoms with van der Waals surface area (Å²) in [5.74, 6) is -0.221. The third-order valence-corrected chi connectivity index (χ3v) is 4.36. The van der Waals surface area contributed by atoms with Crippen LogP contribution < -0.4 is 10.9 Å². The summed E-state index contributed by atoms with van der Waals surface area (Å²) < 4.78 is 5.14. The highest BCUT2D eigenvalue weighted by atomic mass is 32.1. The molecule has 3 rings (SSSR count). The van der Waals surface area contributed by atoms with Gasteiger partial charge in [0.05, 0.1) is 23.4 Å². The highest BCUT2D eigenvalue weighted by Crippen LogP contribution is 2.16. The molecule has 0 saturated carbocycles. The molecular formula is C17H17N5O3S. The standard InChI is InChI=1S/C17H17N5O3S/c1-10-20-14(9-26-10)15-19-7-11(17(24)22-15)16(23)21-13(8-25-2)12-5-3-4-6-18-12/h3-7,9,13H,8H2,1-2H3,(H,21,23)(H,19,22,24)/t13-/m0/s1. The number of hydrogen-bond acceptors (Lipinski definition) is 7. The minimum atomic E-state index is -0.549. The molecule has 134 valence electrons. The molecule has 0 saturated heterocycles. The van der Waals surface area contributed by atoms with Crippen LogP contribution in [0.2, 0.25) is 0 Å². The zero-order valence-corrected chi connectivity index (χ0v) is 15.0. The van der Waals surface area contributed by atoms with E-state index >= 15 is 0 Å². The molecule has 0 spiro atoms. The van der Waals surface area contributed by atoms with Gasteiger partial charge in [0, 0.05) is 24.9 Å². The quantitative estimate of drug-likeness (QED) is 0.683. The number of amides is 1. The second-order valence-corrected chi connectivity index (χ2v) is 6.52. The van der Waals surface area contributed by atoms with Gasteiger partial charge >= 0.3 is 0 Å². The summed E-state index contributed by atoms with van der Waals surface area (Å²) in [6.45, 7) is 2.09. The highest BCUT2D eigenvalue weighted by molar-refractivity contribution is 7.09. The Morgan fingerprint density at radius 1 is 1.38 bits per heavy atom. The molecule has 3 aromatic rings. The van der Waals surface area contributed by atoms with Crippen molar-refractivity contribution in [1.29, 1.82) is 0 Å². The number of ether oxygens (including phenoxy) is 1. The minimum Gasteiger partial charge on any atom is -0.382 e. The number of aromatic nitrogens is 4. The molecule has 0 aliphatic carbocycles. The van der Waals surface area contributed by atoms with E-state index in [0.717, 1.165) is 5.01 Å². The van der Waals surface area contributed by atoms with Gasteiger partial charge in [-0.2, -0.15) is 0 Å². The number of rotatable bonds is 6. The monoisotopic (exact) mass is 371 g/mol. The van der Waals surface area contributed by atoms with Gasteiger partial charge in [0.15, 0.2) is 5.82 Å². The number of methoxy groups -OCH3 is 1. The molecule has 0 fully saturated rings. The molecular weight excluding hydrogens is 354 g/mol. The van der Waals surface area contributed by atoms with E-state index in [4.69, 9.17) is 4.74 Å². The SMILES string of the molecule is COC[C@H](NC(=O)c1cnc(-c2csc(C)n2)[nH]c1=O)c1ccccn1. The number of aromatic amines is 1. The number of nitrogens with one attached hydrogen (secondary N) is 2. The molecule has 3 heterocycles. The summed E-state index contributed by atoms with van der Waals surface area (Å²) in [6.07, 6.45) is 2.88. The van der Waals surface area contributed by atoms with Crippen LogP contribution in [0.1, 0.15) is 27.1 Å². The number of nitrogens with zero attached hydrogens (tertiary/aromatic N) is 3. The summed E-state index contributed by atoms with van der Waals surface area (Å²) in [5, 5.41) is 5.41. The lowest BCUT2D eigenvalue weighted by Gasteiger charge is -2.17. The summed E-state index contributed by atoms with van der Waals surface area (Å²) in [7, 11) is 1.53. The van der Waals surface area contributed by atoms with Crippen LogP contribution in [0.15, 0.2) is 40.8 Å². The van der Waals surface area contributed by atoms with Crippen molar-refractivity contribution in [2.75, 3.05) is 13.7 Å². The Morgan fingerprint density at radius 2 is 2.23 bits per heavy atom. The largest absolute Gasteiger partial charge is 0.382 e. The molecule has 0 unspecified atom stereocenters. The second kappa shape index (κ2) is 7.98. The summed E-state index contributed by atoms with van der Waals surface area (Å²) in [4.78, 5) is 40.1. The second-order valence-electron chi connectivity index (χ2n) is 5.46. The lowest BCUT2D eigenvalue weighted by molar-refractivity contribution is 0.0892. The number of pyridine rings is 1. The molecule has 8 nitrogen and oxygen atoms in total. The van der Waals surface area contributed by atoms with Crippen molar-refractivity contribution in [3.05, 3.63) is 62.6 Å². The van der Waals surface area contributed by atoms with Crippen molar-refractivity contribution in [3.8, 4) is 11.5 Å². The summed E-state index contributed by atoms with van der Waals surface area (Å²) in [5.41, 5.74) is 0.594. The molecule has 1 atom stereocenters. The number of carbonyl (C=O) groups is 1. The maximum absolute atomic E-state index is 12.5. The minimum absolute atomic E-state index is 0.0854. The van der Waals surface area contributed by atoms with Crippen LogP contribution in [0.5, 0.6) is 0 Å². The third kappa shape index (κ3) is 4.01. The normalized spacial score (nSPS) is 11.9. The Balaban J connectivity index is 1.81. The number of hydrogen-bond donors (Lipinski definition) is 2. The lowest BCUT2D eigenvalue weighted by Crippen LogP contribution is -2.35. The van der Waals surface area contributed by atoms with Crippen LogP contribution in [-0.4, -0.2) is 39.6 Å². The maximum Gasteiger partial charge on any atom is 0.264 e. The zero-order chi connectivity index (χ0) is 18.5. The summed E-state index contributed by atoms with van der Waals surface area (Å²) in [6, 6.07) is 4.90. The molecule has 3 aromatic heterocycles. The molecule has 0 bridgehead atoms. The Bertz CT molecular complexity index is 954. The van der Waals surface area contributed by atoms with Gasteiger partial charge in [-0.15, -0.1) is 11.3 Å². The fraction of sp³-hybridized carbons (Fsp3) is 0.235. The van der Waals surface area contributed by atoms with E-state index in [1.807, 2.05) is 13.0 Å². The molecule has 26 heavy (non-hydrogen) atoms. The smallest absolute Gasteiger partial charge is 0.264 e. The first kappa shape index (κ1) is 17.9.